The molecular weight excluding hydrogens is 320 g/mol. The monoisotopic (exact) mass is 334 g/mol. The first-order valence-corrected chi connectivity index (χ1v) is 7.97. The number of nitrogens with one attached hydrogen (secondary N) is 2. The first-order chi connectivity index (χ1) is 9.58. The van der Waals surface area contributed by atoms with E-state index >= 15 is 0 Å². The molecule has 0 saturated heterocycles. The molecule has 0 aliphatic carbocycles. The molecule has 0 radical (unpaired) electrons. The Hall–Kier alpha value is -1.84. The summed E-state index contributed by atoms with van der Waals surface area (Å²) in [5.74, 6) is -1.29. The number of nitrogens with two attached hydrogens (primary N) is 2. The number of hydrogen-bond acceptors (Lipinski definition) is 5. The van der Waals surface area contributed by atoms with Gasteiger partial charge in [-0.05, 0) is 18.2 Å². The fraction of sp³-hybridized carbons (Fsp3) is 0.273. The molecule has 1 unspecified atom stereocenters. The van der Waals surface area contributed by atoms with Crippen LogP contribution in [0.4, 0.5) is 11.4 Å². The Kier molecular flexibility index (Phi) is 5.53. The Morgan fingerprint density at radius 3 is 2.48 bits per heavy atom. The number of sulfonamides is 1. The van der Waals surface area contributed by atoms with Crippen molar-refractivity contribution < 1.29 is 18.0 Å². The molecular formula is C11H15ClN4O4S. The van der Waals surface area contributed by atoms with Crippen molar-refractivity contribution in [1.29, 1.82) is 0 Å². The van der Waals surface area contributed by atoms with Gasteiger partial charge in [0, 0.05) is 5.69 Å². The summed E-state index contributed by atoms with van der Waals surface area (Å²) in [5.41, 5.74) is 10.9. The quantitative estimate of drug-likeness (QED) is 0.572. The molecule has 8 nitrogen and oxygen atoms in total. The number of carbonyl (C=O) groups is 2. The second kappa shape index (κ2) is 6.74. The molecule has 0 spiro atoms. The third-order valence-corrected chi connectivity index (χ3v) is 3.19. The molecule has 1 aromatic carbocycles. The molecule has 0 bridgehead atoms. The predicted molar refractivity (Wildman–Crippen MR) is 80.3 cm³/mol. The van der Waals surface area contributed by atoms with Crippen molar-refractivity contribution >= 4 is 44.8 Å². The van der Waals surface area contributed by atoms with Crippen LogP contribution in [0, 0.1) is 0 Å². The van der Waals surface area contributed by atoms with Gasteiger partial charge in [-0.3, -0.25) is 14.3 Å². The van der Waals surface area contributed by atoms with E-state index in [1.54, 1.807) is 0 Å². The van der Waals surface area contributed by atoms with Crippen LogP contribution in [-0.4, -0.2) is 32.5 Å². The van der Waals surface area contributed by atoms with Crippen LogP contribution in [0.1, 0.15) is 6.42 Å². The van der Waals surface area contributed by atoms with Gasteiger partial charge in [0.2, 0.25) is 21.8 Å². The number of rotatable bonds is 6. The fourth-order valence-corrected chi connectivity index (χ4v) is 2.28. The maximum Gasteiger partial charge on any atom is 0.241 e. The molecule has 6 N–H and O–H groups in total. The highest BCUT2D eigenvalue weighted by Gasteiger charge is 2.16. The van der Waals surface area contributed by atoms with Gasteiger partial charge in [-0.1, -0.05) is 11.6 Å². The lowest BCUT2D eigenvalue weighted by atomic mass is 10.2. The number of amides is 2. The summed E-state index contributed by atoms with van der Waals surface area (Å²) in [7, 11) is -3.46. The number of halogens is 1. The standard InChI is InChI=1S/C11H15ClN4O4S/c1-21(19,20)16-9-3-2-6(4-7(9)12)15-11(18)8(13)5-10(14)17/h2-4,8,16H,5,13H2,1H3,(H2,14,17)(H,15,18). The molecule has 0 fully saturated rings. The van der Waals surface area contributed by atoms with E-state index in [1.165, 1.54) is 18.2 Å². The molecule has 10 heteroatoms. The molecule has 0 aromatic heterocycles. The summed E-state index contributed by atoms with van der Waals surface area (Å²) < 4.78 is 24.4. The minimum absolute atomic E-state index is 0.0988. The van der Waals surface area contributed by atoms with Crippen LogP contribution in [-0.2, 0) is 19.6 Å². The van der Waals surface area contributed by atoms with Gasteiger partial charge < -0.3 is 16.8 Å². The SMILES string of the molecule is CS(=O)(=O)Nc1ccc(NC(=O)C(N)CC(N)=O)cc1Cl. The number of carbonyl (C=O) groups excluding carboxylic acids is 2. The van der Waals surface area contributed by atoms with Crippen LogP contribution in [0.5, 0.6) is 0 Å². The van der Waals surface area contributed by atoms with Gasteiger partial charge in [0.15, 0.2) is 0 Å². The number of primary amides is 1. The Labute approximate surface area is 126 Å². The molecule has 0 aliphatic rings. The van der Waals surface area contributed by atoms with Gasteiger partial charge in [-0.2, -0.15) is 0 Å². The number of hydrogen-bond donors (Lipinski definition) is 4. The van der Waals surface area contributed by atoms with E-state index in [1.807, 2.05) is 0 Å². The zero-order valence-corrected chi connectivity index (χ0v) is 12.7. The van der Waals surface area contributed by atoms with Crippen molar-refractivity contribution in [2.75, 3.05) is 16.3 Å². The first-order valence-electron chi connectivity index (χ1n) is 5.70. The maximum atomic E-state index is 11.7. The average Bonchev–Trinajstić information content (AvgIpc) is 2.30. The maximum absolute atomic E-state index is 11.7. The molecule has 0 aliphatic heterocycles. The molecule has 1 aromatic rings. The second-order valence-electron chi connectivity index (χ2n) is 4.34. The van der Waals surface area contributed by atoms with Crippen molar-refractivity contribution in [3.05, 3.63) is 23.2 Å². The van der Waals surface area contributed by atoms with Crippen molar-refractivity contribution in [2.24, 2.45) is 11.5 Å². The Bertz CT molecular complexity index is 662. The Morgan fingerprint density at radius 2 is 2.00 bits per heavy atom. The molecule has 1 atom stereocenters. The van der Waals surface area contributed by atoms with Gasteiger partial charge in [-0.15, -0.1) is 0 Å². The predicted octanol–water partition coefficient (Wildman–Crippen LogP) is -0.147. The molecule has 116 valence electrons. The summed E-state index contributed by atoms with van der Waals surface area (Å²) in [4.78, 5) is 22.3. The van der Waals surface area contributed by atoms with Gasteiger partial charge in [0.05, 0.1) is 29.4 Å². The van der Waals surface area contributed by atoms with Crippen LogP contribution < -0.4 is 21.5 Å². The van der Waals surface area contributed by atoms with E-state index in [9.17, 15) is 18.0 Å². The van der Waals surface area contributed by atoms with E-state index < -0.39 is 27.9 Å². The summed E-state index contributed by atoms with van der Waals surface area (Å²) in [5, 5.41) is 2.54. The highest BCUT2D eigenvalue weighted by molar-refractivity contribution is 7.92. The largest absolute Gasteiger partial charge is 0.370 e. The summed E-state index contributed by atoms with van der Waals surface area (Å²) in [6.07, 6.45) is 0.704. The van der Waals surface area contributed by atoms with Crippen LogP contribution in [0.2, 0.25) is 5.02 Å². The van der Waals surface area contributed by atoms with Crippen LogP contribution >= 0.6 is 11.6 Å². The lowest BCUT2D eigenvalue weighted by Gasteiger charge is -2.12. The van der Waals surface area contributed by atoms with Crippen molar-refractivity contribution in [3.8, 4) is 0 Å². The Balaban J connectivity index is 2.80. The lowest BCUT2D eigenvalue weighted by molar-refractivity contribution is -0.123. The molecule has 21 heavy (non-hydrogen) atoms. The second-order valence-corrected chi connectivity index (χ2v) is 6.49. The van der Waals surface area contributed by atoms with E-state index in [0.717, 1.165) is 6.26 Å². The third kappa shape index (κ3) is 5.98. The molecule has 2 amide bonds. The van der Waals surface area contributed by atoms with E-state index in [2.05, 4.69) is 10.0 Å². The van der Waals surface area contributed by atoms with Crippen LogP contribution in [0.15, 0.2) is 18.2 Å². The third-order valence-electron chi connectivity index (χ3n) is 2.29. The van der Waals surface area contributed by atoms with E-state index in [-0.39, 0.29) is 17.1 Å². The first kappa shape index (κ1) is 17.2. The number of anilines is 2. The van der Waals surface area contributed by atoms with Gasteiger partial charge in [-0.25, -0.2) is 8.42 Å². The molecule has 1 rings (SSSR count). The Morgan fingerprint density at radius 1 is 1.38 bits per heavy atom. The zero-order valence-electron chi connectivity index (χ0n) is 11.1. The van der Waals surface area contributed by atoms with Crippen molar-refractivity contribution in [2.45, 2.75) is 12.5 Å². The summed E-state index contributed by atoms with van der Waals surface area (Å²) in [6.45, 7) is 0. The zero-order chi connectivity index (χ0) is 16.2. The smallest absolute Gasteiger partial charge is 0.241 e. The molecule has 0 heterocycles. The normalized spacial score (nSPS) is 12.5. The highest BCUT2D eigenvalue weighted by atomic mass is 35.5. The van der Waals surface area contributed by atoms with E-state index in [4.69, 9.17) is 23.1 Å². The fourth-order valence-electron chi connectivity index (χ4n) is 1.42. The van der Waals surface area contributed by atoms with Gasteiger partial charge in [0.25, 0.3) is 0 Å². The van der Waals surface area contributed by atoms with Crippen LogP contribution in [0.25, 0.3) is 0 Å². The summed E-state index contributed by atoms with van der Waals surface area (Å²) >= 11 is 5.90. The highest BCUT2D eigenvalue weighted by Crippen LogP contribution is 2.26. The van der Waals surface area contributed by atoms with Gasteiger partial charge >= 0.3 is 0 Å². The lowest BCUT2D eigenvalue weighted by Crippen LogP contribution is -2.38. The average molecular weight is 335 g/mol. The number of benzene rings is 1. The summed E-state index contributed by atoms with van der Waals surface area (Å²) in [6, 6.07) is 3.10. The van der Waals surface area contributed by atoms with Crippen LogP contribution in [0.3, 0.4) is 0 Å². The van der Waals surface area contributed by atoms with Gasteiger partial charge in [0.1, 0.15) is 0 Å². The van der Waals surface area contributed by atoms with Crippen molar-refractivity contribution in [3.63, 3.8) is 0 Å². The van der Waals surface area contributed by atoms with Crippen molar-refractivity contribution in [1.82, 2.24) is 0 Å². The van der Waals surface area contributed by atoms with E-state index in [0.29, 0.717) is 5.69 Å². The topological polar surface area (TPSA) is 144 Å². The minimum atomic E-state index is -3.46. The molecule has 0 saturated carbocycles. The minimum Gasteiger partial charge on any atom is -0.370 e.